The standard InChI is InChI=1S/C16H25N/c1-11(2)14-8-13(5)16-6-7-17(12(3)4)10-15(16)9-14/h8-9,11-12H,6-7,10H2,1-5H3. The van der Waals surface area contributed by atoms with Crippen LogP contribution in [0, 0.1) is 6.92 Å². The van der Waals surface area contributed by atoms with Gasteiger partial charge in [0.2, 0.25) is 0 Å². The molecule has 1 heteroatoms. The summed E-state index contributed by atoms with van der Waals surface area (Å²) in [4.78, 5) is 2.58. The number of hydrogen-bond donors (Lipinski definition) is 0. The maximum Gasteiger partial charge on any atom is 0.0239 e. The normalized spacial score (nSPS) is 16.6. The van der Waals surface area contributed by atoms with Crippen molar-refractivity contribution in [1.82, 2.24) is 4.90 Å². The highest BCUT2D eigenvalue weighted by Gasteiger charge is 2.20. The first-order valence-corrected chi connectivity index (χ1v) is 6.85. The molecule has 0 N–H and O–H groups in total. The lowest BCUT2D eigenvalue weighted by Crippen LogP contribution is -2.36. The third kappa shape index (κ3) is 2.55. The SMILES string of the molecule is Cc1cc(C(C)C)cc2c1CCN(C(C)C)C2. The van der Waals surface area contributed by atoms with Gasteiger partial charge in [-0.05, 0) is 55.4 Å². The van der Waals surface area contributed by atoms with Gasteiger partial charge in [0.25, 0.3) is 0 Å². The second kappa shape index (κ2) is 4.81. The van der Waals surface area contributed by atoms with E-state index in [0.29, 0.717) is 12.0 Å². The molecule has 1 aliphatic rings. The van der Waals surface area contributed by atoms with Crippen LogP contribution in [-0.2, 0) is 13.0 Å². The molecule has 94 valence electrons. The Hall–Kier alpha value is -0.820. The van der Waals surface area contributed by atoms with Crippen LogP contribution < -0.4 is 0 Å². The van der Waals surface area contributed by atoms with E-state index in [1.165, 1.54) is 24.1 Å². The molecule has 17 heavy (non-hydrogen) atoms. The third-order valence-electron chi connectivity index (χ3n) is 4.01. The number of benzene rings is 1. The molecule has 0 unspecified atom stereocenters. The van der Waals surface area contributed by atoms with Crippen molar-refractivity contribution >= 4 is 0 Å². The van der Waals surface area contributed by atoms with Crippen LogP contribution in [0.1, 0.15) is 55.9 Å². The van der Waals surface area contributed by atoms with Crippen molar-refractivity contribution in [3.8, 4) is 0 Å². The van der Waals surface area contributed by atoms with Crippen molar-refractivity contribution in [2.45, 2.75) is 59.5 Å². The summed E-state index contributed by atoms with van der Waals surface area (Å²) in [6, 6.07) is 5.47. The molecule has 1 aliphatic heterocycles. The van der Waals surface area contributed by atoms with E-state index in [1.54, 1.807) is 11.1 Å². The number of nitrogens with zero attached hydrogens (tertiary/aromatic N) is 1. The fourth-order valence-electron chi connectivity index (χ4n) is 2.75. The van der Waals surface area contributed by atoms with Crippen LogP contribution in [-0.4, -0.2) is 17.5 Å². The summed E-state index contributed by atoms with van der Waals surface area (Å²) in [5.74, 6) is 0.633. The Morgan fingerprint density at radius 2 is 1.82 bits per heavy atom. The van der Waals surface area contributed by atoms with Crippen LogP contribution in [0.2, 0.25) is 0 Å². The van der Waals surface area contributed by atoms with Crippen LogP contribution in [0.5, 0.6) is 0 Å². The lowest BCUT2D eigenvalue weighted by Gasteiger charge is -2.33. The van der Waals surface area contributed by atoms with E-state index in [4.69, 9.17) is 0 Å². The summed E-state index contributed by atoms with van der Waals surface area (Å²) in [7, 11) is 0. The van der Waals surface area contributed by atoms with Crippen LogP contribution >= 0.6 is 0 Å². The smallest absolute Gasteiger partial charge is 0.0239 e. The lowest BCUT2D eigenvalue weighted by atomic mass is 9.89. The van der Waals surface area contributed by atoms with Crippen molar-refractivity contribution in [2.24, 2.45) is 0 Å². The Kier molecular flexibility index (Phi) is 3.58. The molecule has 0 radical (unpaired) electrons. The maximum absolute atomic E-state index is 2.58. The summed E-state index contributed by atoms with van der Waals surface area (Å²) < 4.78 is 0. The number of hydrogen-bond acceptors (Lipinski definition) is 1. The minimum absolute atomic E-state index is 0.633. The Labute approximate surface area is 106 Å². The van der Waals surface area contributed by atoms with Gasteiger partial charge < -0.3 is 0 Å². The van der Waals surface area contributed by atoms with Crippen LogP contribution in [0.15, 0.2) is 12.1 Å². The Morgan fingerprint density at radius 3 is 2.41 bits per heavy atom. The second-order valence-corrected chi connectivity index (χ2v) is 5.94. The molecule has 0 fully saturated rings. The van der Waals surface area contributed by atoms with Gasteiger partial charge in [0, 0.05) is 19.1 Å². The zero-order valence-electron chi connectivity index (χ0n) is 11.9. The molecule has 1 aromatic carbocycles. The Bertz CT molecular complexity index is 404. The van der Waals surface area contributed by atoms with Gasteiger partial charge in [-0.15, -0.1) is 0 Å². The summed E-state index contributed by atoms with van der Waals surface area (Å²) in [5, 5.41) is 0. The van der Waals surface area contributed by atoms with Crippen molar-refractivity contribution in [2.75, 3.05) is 6.54 Å². The minimum atomic E-state index is 0.633. The average molecular weight is 231 g/mol. The van der Waals surface area contributed by atoms with E-state index in [1.807, 2.05) is 0 Å². The lowest BCUT2D eigenvalue weighted by molar-refractivity contribution is 0.203. The molecule has 0 amide bonds. The van der Waals surface area contributed by atoms with E-state index in [0.717, 1.165) is 6.54 Å². The fourth-order valence-corrected chi connectivity index (χ4v) is 2.75. The first kappa shape index (κ1) is 12.6. The third-order valence-corrected chi connectivity index (χ3v) is 4.01. The van der Waals surface area contributed by atoms with Crippen molar-refractivity contribution < 1.29 is 0 Å². The first-order chi connectivity index (χ1) is 7.99. The van der Waals surface area contributed by atoms with E-state index < -0.39 is 0 Å². The molecular weight excluding hydrogens is 206 g/mol. The molecule has 0 bridgehead atoms. The van der Waals surface area contributed by atoms with Crippen molar-refractivity contribution in [3.63, 3.8) is 0 Å². The van der Waals surface area contributed by atoms with E-state index in [2.05, 4.69) is 51.7 Å². The summed E-state index contributed by atoms with van der Waals surface area (Å²) in [5.41, 5.74) is 6.15. The molecule has 1 nitrogen and oxygen atoms in total. The van der Waals surface area contributed by atoms with Gasteiger partial charge in [-0.3, -0.25) is 4.90 Å². The second-order valence-electron chi connectivity index (χ2n) is 5.94. The van der Waals surface area contributed by atoms with E-state index in [-0.39, 0.29) is 0 Å². The van der Waals surface area contributed by atoms with E-state index >= 15 is 0 Å². The highest BCUT2D eigenvalue weighted by atomic mass is 15.1. The van der Waals surface area contributed by atoms with Crippen LogP contribution in [0.25, 0.3) is 0 Å². The van der Waals surface area contributed by atoms with Gasteiger partial charge in [-0.25, -0.2) is 0 Å². The van der Waals surface area contributed by atoms with Gasteiger partial charge in [0.15, 0.2) is 0 Å². The molecule has 0 spiro atoms. The molecule has 1 heterocycles. The Morgan fingerprint density at radius 1 is 1.12 bits per heavy atom. The van der Waals surface area contributed by atoms with Gasteiger partial charge >= 0.3 is 0 Å². The number of rotatable bonds is 2. The Balaban J connectivity index is 2.35. The topological polar surface area (TPSA) is 3.24 Å². The summed E-state index contributed by atoms with van der Waals surface area (Å²) in [6.07, 6.45) is 1.22. The van der Waals surface area contributed by atoms with E-state index in [9.17, 15) is 0 Å². The number of fused-ring (bicyclic) bond motifs is 1. The summed E-state index contributed by atoms with van der Waals surface area (Å²) >= 11 is 0. The van der Waals surface area contributed by atoms with Gasteiger partial charge in [0.1, 0.15) is 0 Å². The predicted molar refractivity (Wildman–Crippen MR) is 74.5 cm³/mol. The molecular formula is C16H25N. The quantitative estimate of drug-likeness (QED) is 0.746. The molecule has 0 aromatic heterocycles. The monoisotopic (exact) mass is 231 g/mol. The molecule has 0 aliphatic carbocycles. The van der Waals surface area contributed by atoms with Gasteiger partial charge in [-0.2, -0.15) is 0 Å². The molecule has 0 atom stereocenters. The highest BCUT2D eigenvalue weighted by molar-refractivity contribution is 5.41. The predicted octanol–water partition coefficient (Wildman–Crippen LogP) is 3.88. The van der Waals surface area contributed by atoms with Gasteiger partial charge in [-0.1, -0.05) is 26.0 Å². The van der Waals surface area contributed by atoms with Crippen LogP contribution in [0.3, 0.4) is 0 Å². The zero-order valence-corrected chi connectivity index (χ0v) is 11.9. The van der Waals surface area contributed by atoms with Crippen molar-refractivity contribution in [3.05, 3.63) is 34.4 Å². The average Bonchev–Trinajstić information content (AvgIpc) is 2.27. The van der Waals surface area contributed by atoms with Crippen molar-refractivity contribution in [1.29, 1.82) is 0 Å². The highest BCUT2D eigenvalue weighted by Crippen LogP contribution is 2.27. The zero-order chi connectivity index (χ0) is 12.6. The maximum atomic E-state index is 2.58. The fraction of sp³-hybridized carbons (Fsp3) is 0.625. The van der Waals surface area contributed by atoms with Gasteiger partial charge in [0.05, 0.1) is 0 Å². The van der Waals surface area contributed by atoms with Crippen LogP contribution in [0.4, 0.5) is 0 Å². The molecule has 1 aromatic rings. The minimum Gasteiger partial charge on any atom is -0.296 e. The largest absolute Gasteiger partial charge is 0.296 e. The molecule has 0 saturated carbocycles. The molecule has 2 rings (SSSR count). The summed E-state index contributed by atoms with van der Waals surface area (Å²) in [6.45, 7) is 13.8. The molecule has 0 saturated heterocycles. The first-order valence-electron chi connectivity index (χ1n) is 6.85. The number of aryl methyl sites for hydroxylation is 1.